The van der Waals surface area contributed by atoms with E-state index in [1.807, 2.05) is 25.2 Å². The van der Waals surface area contributed by atoms with Crippen LogP contribution in [0.3, 0.4) is 0 Å². The third kappa shape index (κ3) is 5.62. The largest absolute Gasteiger partial charge is 0.385 e. The van der Waals surface area contributed by atoms with Crippen molar-refractivity contribution >= 4 is 11.6 Å². The summed E-state index contributed by atoms with van der Waals surface area (Å²) < 4.78 is 4.95. The molecule has 24 heavy (non-hydrogen) atoms. The Morgan fingerprint density at radius 2 is 2.04 bits per heavy atom. The van der Waals surface area contributed by atoms with Crippen molar-refractivity contribution in [2.75, 3.05) is 38.8 Å². The molecule has 2 aromatic heterocycles. The Morgan fingerprint density at radius 3 is 2.71 bits per heavy atom. The van der Waals surface area contributed by atoms with E-state index in [0.29, 0.717) is 18.8 Å². The van der Waals surface area contributed by atoms with E-state index in [1.165, 1.54) is 5.56 Å². The lowest BCUT2D eigenvalue weighted by Gasteiger charge is -2.19. The van der Waals surface area contributed by atoms with E-state index in [9.17, 15) is 4.79 Å². The molecule has 0 saturated carbocycles. The summed E-state index contributed by atoms with van der Waals surface area (Å²) >= 11 is 0. The second-order valence-corrected chi connectivity index (χ2v) is 5.53. The molecule has 0 aliphatic carbocycles. The molecule has 6 heteroatoms. The molecule has 0 bridgehead atoms. The van der Waals surface area contributed by atoms with E-state index < -0.39 is 0 Å². The minimum absolute atomic E-state index is 0.155. The van der Waals surface area contributed by atoms with Gasteiger partial charge in [0.05, 0.1) is 11.9 Å². The number of carbonyl (C=O) groups excluding carboxylic acids is 1. The van der Waals surface area contributed by atoms with Gasteiger partial charge in [-0.3, -0.25) is 9.78 Å². The fourth-order valence-electron chi connectivity index (χ4n) is 2.23. The average Bonchev–Trinajstić information content (AvgIpc) is 2.64. The topological polar surface area (TPSA) is 67.3 Å². The van der Waals surface area contributed by atoms with Crippen molar-refractivity contribution in [2.45, 2.75) is 12.8 Å². The Morgan fingerprint density at radius 1 is 1.25 bits per heavy atom. The molecule has 0 spiro atoms. The Balaban J connectivity index is 1.83. The maximum atomic E-state index is 12.0. The molecule has 6 nitrogen and oxygen atoms in total. The van der Waals surface area contributed by atoms with Gasteiger partial charge in [0.15, 0.2) is 0 Å². The fraction of sp³-hybridized carbons (Fsp3) is 0.389. The number of nitrogens with one attached hydrogen (secondary N) is 1. The van der Waals surface area contributed by atoms with Gasteiger partial charge in [-0.05, 0) is 42.7 Å². The van der Waals surface area contributed by atoms with Crippen LogP contribution in [0.15, 0.2) is 42.9 Å². The molecular weight excluding hydrogens is 304 g/mol. The van der Waals surface area contributed by atoms with Crippen molar-refractivity contribution in [1.29, 1.82) is 0 Å². The highest BCUT2D eigenvalue weighted by Gasteiger charge is 2.08. The molecule has 0 saturated heterocycles. The molecule has 0 aliphatic rings. The van der Waals surface area contributed by atoms with Crippen LogP contribution >= 0.6 is 0 Å². The molecule has 2 rings (SSSR count). The second-order valence-electron chi connectivity index (χ2n) is 5.53. The van der Waals surface area contributed by atoms with Gasteiger partial charge in [0.25, 0.3) is 5.91 Å². The number of methoxy groups -OCH3 is 1. The second kappa shape index (κ2) is 9.62. The number of hydrogen-bond acceptors (Lipinski definition) is 5. The predicted molar refractivity (Wildman–Crippen MR) is 94.3 cm³/mol. The number of hydrogen-bond donors (Lipinski definition) is 1. The minimum atomic E-state index is -0.155. The lowest BCUT2D eigenvalue weighted by Crippen LogP contribution is -2.26. The third-order valence-corrected chi connectivity index (χ3v) is 3.72. The molecular formula is C18H24N4O2. The molecule has 128 valence electrons. The van der Waals surface area contributed by atoms with Crippen molar-refractivity contribution in [3.8, 4) is 0 Å². The Kier molecular flexibility index (Phi) is 7.17. The zero-order valence-electron chi connectivity index (χ0n) is 14.2. The van der Waals surface area contributed by atoms with Gasteiger partial charge >= 0.3 is 0 Å². The first-order valence-electron chi connectivity index (χ1n) is 8.04. The number of aromatic nitrogens is 2. The zero-order valence-corrected chi connectivity index (χ0v) is 14.2. The number of amides is 1. The Bertz CT molecular complexity index is 617. The van der Waals surface area contributed by atoms with Crippen molar-refractivity contribution < 1.29 is 9.53 Å². The summed E-state index contributed by atoms with van der Waals surface area (Å²) in [6.07, 6.45) is 7.06. The van der Waals surface area contributed by atoms with E-state index >= 15 is 0 Å². The monoisotopic (exact) mass is 328 g/mol. The molecule has 1 N–H and O–H groups in total. The number of carbonyl (C=O) groups is 1. The van der Waals surface area contributed by atoms with Crippen LogP contribution in [-0.2, 0) is 11.2 Å². The first-order chi connectivity index (χ1) is 11.7. The molecule has 0 atom stereocenters. The average molecular weight is 328 g/mol. The van der Waals surface area contributed by atoms with E-state index in [1.54, 1.807) is 31.8 Å². The predicted octanol–water partition coefficient (Wildman–Crippen LogP) is 1.92. The van der Waals surface area contributed by atoms with Crippen LogP contribution in [0.2, 0.25) is 0 Å². The quantitative estimate of drug-likeness (QED) is 0.712. The van der Waals surface area contributed by atoms with E-state index in [2.05, 4.69) is 20.2 Å². The summed E-state index contributed by atoms with van der Waals surface area (Å²) in [5.74, 6) is -0.155. The summed E-state index contributed by atoms with van der Waals surface area (Å²) in [4.78, 5) is 22.4. The van der Waals surface area contributed by atoms with Crippen LogP contribution < -0.4 is 10.2 Å². The van der Waals surface area contributed by atoms with Crippen LogP contribution in [-0.4, -0.2) is 49.7 Å². The maximum absolute atomic E-state index is 12.0. The van der Waals surface area contributed by atoms with Gasteiger partial charge in [0.1, 0.15) is 5.69 Å². The molecule has 0 fully saturated rings. The van der Waals surface area contributed by atoms with Gasteiger partial charge in [-0.1, -0.05) is 0 Å². The van der Waals surface area contributed by atoms with E-state index in [-0.39, 0.29) is 5.91 Å². The SMILES string of the molecule is COCCCNC(=O)c1ccc(N(C)CCc2ccncc2)cn1. The number of rotatable bonds is 9. The Labute approximate surface area is 142 Å². The number of ether oxygens (including phenoxy) is 1. The minimum Gasteiger partial charge on any atom is -0.385 e. The van der Waals surface area contributed by atoms with Gasteiger partial charge in [-0.15, -0.1) is 0 Å². The highest BCUT2D eigenvalue weighted by molar-refractivity contribution is 5.92. The summed E-state index contributed by atoms with van der Waals surface area (Å²) in [6.45, 7) is 2.09. The fourth-order valence-corrected chi connectivity index (χ4v) is 2.23. The van der Waals surface area contributed by atoms with Crippen molar-refractivity contribution in [3.05, 3.63) is 54.1 Å². The number of pyridine rings is 2. The van der Waals surface area contributed by atoms with Crippen LogP contribution in [0, 0.1) is 0 Å². The molecule has 0 aromatic carbocycles. The highest BCUT2D eigenvalue weighted by Crippen LogP contribution is 2.12. The van der Waals surface area contributed by atoms with Crippen molar-refractivity contribution in [2.24, 2.45) is 0 Å². The molecule has 0 unspecified atom stereocenters. The number of likely N-dealkylation sites (N-methyl/N-ethyl adjacent to an activating group) is 1. The molecule has 0 aliphatic heterocycles. The lowest BCUT2D eigenvalue weighted by atomic mass is 10.2. The maximum Gasteiger partial charge on any atom is 0.269 e. The first kappa shape index (κ1) is 17.9. The summed E-state index contributed by atoms with van der Waals surface area (Å²) in [7, 11) is 3.66. The molecule has 1 amide bonds. The van der Waals surface area contributed by atoms with Gasteiger partial charge < -0.3 is 15.0 Å². The van der Waals surface area contributed by atoms with Crippen LogP contribution in [0.1, 0.15) is 22.5 Å². The molecule has 0 radical (unpaired) electrons. The van der Waals surface area contributed by atoms with Gasteiger partial charge in [-0.25, -0.2) is 4.98 Å². The van der Waals surface area contributed by atoms with Crippen LogP contribution in [0.5, 0.6) is 0 Å². The van der Waals surface area contributed by atoms with Gasteiger partial charge in [-0.2, -0.15) is 0 Å². The molecule has 2 heterocycles. The molecule has 2 aromatic rings. The number of nitrogens with zero attached hydrogens (tertiary/aromatic N) is 3. The van der Waals surface area contributed by atoms with E-state index in [0.717, 1.165) is 25.1 Å². The smallest absolute Gasteiger partial charge is 0.269 e. The van der Waals surface area contributed by atoms with Crippen LogP contribution in [0.4, 0.5) is 5.69 Å². The standard InChI is InChI=1S/C18H24N4O2/c1-22(12-8-15-6-10-19-11-7-15)16-4-5-17(21-14-16)18(23)20-9-3-13-24-2/h4-7,10-11,14H,3,8-9,12-13H2,1-2H3,(H,20,23). The van der Waals surface area contributed by atoms with Gasteiger partial charge in [0.2, 0.25) is 0 Å². The summed E-state index contributed by atoms with van der Waals surface area (Å²) in [6, 6.07) is 7.71. The van der Waals surface area contributed by atoms with Gasteiger partial charge in [0, 0.05) is 46.2 Å². The highest BCUT2D eigenvalue weighted by atomic mass is 16.5. The number of anilines is 1. The van der Waals surface area contributed by atoms with Crippen molar-refractivity contribution in [1.82, 2.24) is 15.3 Å². The summed E-state index contributed by atoms with van der Waals surface area (Å²) in [5, 5.41) is 2.83. The lowest BCUT2D eigenvalue weighted by molar-refractivity contribution is 0.0943. The van der Waals surface area contributed by atoms with Crippen molar-refractivity contribution in [3.63, 3.8) is 0 Å². The first-order valence-corrected chi connectivity index (χ1v) is 8.04. The normalized spacial score (nSPS) is 10.4. The van der Waals surface area contributed by atoms with Crippen LogP contribution in [0.25, 0.3) is 0 Å². The van der Waals surface area contributed by atoms with E-state index in [4.69, 9.17) is 4.74 Å². The third-order valence-electron chi connectivity index (χ3n) is 3.72. The summed E-state index contributed by atoms with van der Waals surface area (Å²) in [5.41, 5.74) is 2.66. The zero-order chi connectivity index (χ0) is 17.2. The Hall–Kier alpha value is -2.47.